The number of methoxy groups -OCH3 is 1. The molecule has 2 aliphatic rings. The van der Waals surface area contributed by atoms with E-state index in [1.165, 1.54) is 0 Å². The van der Waals surface area contributed by atoms with Crippen molar-refractivity contribution in [2.24, 2.45) is 11.8 Å². The summed E-state index contributed by atoms with van der Waals surface area (Å²) in [4.78, 5) is 26.9. The van der Waals surface area contributed by atoms with E-state index < -0.39 is 0 Å². The molecule has 0 unspecified atom stereocenters. The predicted octanol–water partition coefficient (Wildman–Crippen LogP) is 2.17. The van der Waals surface area contributed by atoms with Crippen LogP contribution in [0.3, 0.4) is 0 Å². The van der Waals surface area contributed by atoms with E-state index in [-0.39, 0.29) is 29.6 Å². The van der Waals surface area contributed by atoms with Crippen molar-refractivity contribution >= 4 is 11.8 Å². The topological polar surface area (TPSA) is 58.6 Å². The van der Waals surface area contributed by atoms with Gasteiger partial charge in [0.1, 0.15) is 5.75 Å². The Hall–Kier alpha value is -2.04. The van der Waals surface area contributed by atoms with E-state index in [1.54, 1.807) is 7.11 Å². The van der Waals surface area contributed by atoms with Gasteiger partial charge >= 0.3 is 0 Å². The highest BCUT2D eigenvalue weighted by atomic mass is 16.5. The fourth-order valence-electron chi connectivity index (χ4n) is 3.34. The molecule has 2 fully saturated rings. The van der Waals surface area contributed by atoms with Gasteiger partial charge in [-0.2, -0.15) is 0 Å². The van der Waals surface area contributed by atoms with Gasteiger partial charge in [-0.15, -0.1) is 0 Å². The molecule has 1 aliphatic heterocycles. The van der Waals surface area contributed by atoms with Gasteiger partial charge in [-0.3, -0.25) is 9.59 Å². The number of hydrogen-bond donors (Lipinski definition) is 1. The summed E-state index contributed by atoms with van der Waals surface area (Å²) in [5, 5.41) is 3.11. The third kappa shape index (κ3) is 3.55. The van der Waals surface area contributed by atoms with Crippen molar-refractivity contribution in [1.82, 2.24) is 10.2 Å². The maximum atomic E-state index is 12.7. The average molecular weight is 330 g/mol. The Morgan fingerprint density at radius 3 is 2.38 bits per heavy atom. The van der Waals surface area contributed by atoms with Crippen LogP contribution in [0.4, 0.5) is 0 Å². The minimum Gasteiger partial charge on any atom is -0.497 e. The molecule has 0 bridgehead atoms. The molecule has 1 N–H and O–H groups in total. The van der Waals surface area contributed by atoms with E-state index in [0.717, 1.165) is 24.2 Å². The van der Waals surface area contributed by atoms with Gasteiger partial charge in [-0.1, -0.05) is 26.0 Å². The van der Waals surface area contributed by atoms with Crippen LogP contribution < -0.4 is 10.1 Å². The number of carbonyl (C=O) groups excluding carboxylic acids is 2. The second-order valence-corrected chi connectivity index (χ2v) is 7.17. The van der Waals surface area contributed by atoms with Crippen LogP contribution in [0.5, 0.6) is 5.75 Å². The van der Waals surface area contributed by atoms with Crippen molar-refractivity contribution in [2.75, 3.05) is 20.2 Å². The zero-order chi connectivity index (χ0) is 17.3. The first kappa shape index (κ1) is 16.8. The maximum absolute atomic E-state index is 12.7. The quantitative estimate of drug-likeness (QED) is 0.900. The third-order valence-electron chi connectivity index (χ3n) is 4.93. The molecule has 24 heavy (non-hydrogen) atoms. The molecule has 2 atom stereocenters. The summed E-state index contributed by atoms with van der Waals surface area (Å²) < 4.78 is 5.21. The van der Waals surface area contributed by atoms with E-state index in [2.05, 4.69) is 5.32 Å². The summed E-state index contributed by atoms with van der Waals surface area (Å²) in [5.74, 6) is 0.810. The summed E-state index contributed by atoms with van der Waals surface area (Å²) in [5.41, 5.74) is 1.09. The lowest BCUT2D eigenvalue weighted by atomic mass is 9.88. The van der Waals surface area contributed by atoms with Gasteiger partial charge in [0, 0.05) is 31.0 Å². The van der Waals surface area contributed by atoms with Crippen molar-refractivity contribution < 1.29 is 14.3 Å². The third-order valence-corrected chi connectivity index (χ3v) is 4.93. The van der Waals surface area contributed by atoms with E-state index in [4.69, 9.17) is 4.74 Å². The molecule has 130 valence electrons. The van der Waals surface area contributed by atoms with Gasteiger partial charge in [0.2, 0.25) is 11.8 Å². The highest BCUT2D eigenvalue weighted by Crippen LogP contribution is 2.35. The van der Waals surface area contributed by atoms with Crippen LogP contribution >= 0.6 is 0 Å². The van der Waals surface area contributed by atoms with Crippen LogP contribution in [0, 0.1) is 11.8 Å². The summed E-state index contributed by atoms with van der Waals surface area (Å²) in [6.07, 6.45) is 2.14. The number of amides is 2. The fraction of sp³-hybridized carbons (Fsp3) is 0.579. The molecule has 3 rings (SSSR count). The Balaban J connectivity index is 1.80. The number of rotatable bonds is 5. The van der Waals surface area contributed by atoms with Crippen molar-refractivity contribution in [2.45, 2.75) is 38.6 Å². The summed E-state index contributed by atoms with van der Waals surface area (Å²) >= 11 is 0. The summed E-state index contributed by atoms with van der Waals surface area (Å²) in [7, 11) is 1.64. The molecule has 2 amide bonds. The molecule has 5 nitrogen and oxygen atoms in total. The SMILES string of the molecule is COc1ccc([C@H]2CN(C(=O)C(C)C)C[C@H]2C(=O)NC2CC2)cc1. The minimum atomic E-state index is -0.179. The van der Waals surface area contributed by atoms with Gasteiger partial charge in [0.05, 0.1) is 13.0 Å². The molecule has 1 aliphatic carbocycles. The summed E-state index contributed by atoms with van der Waals surface area (Å²) in [6, 6.07) is 8.17. The molecule has 0 radical (unpaired) electrons. The first-order chi connectivity index (χ1) is 11.5. The van der Waals surface area contributed by atoms with Gasteiger partial charge < -0.3 is 15.0 Å². The lowest BCUT2D eigenvalue weighted by molar-refractivity contribution is -0.133. The van der Waals surface area contributed by atoms with Crippen LogP contribution in [0.25, 0.3) is 0 Å². The van der Waals surface area contributed by atoms with Gasteiger partial charge in [-0.05, 0) is 30.5 Å². The Morgan fingerprint density at radius 1 is 1.17 bits per heavy atom. The van der Waals surface area contributed by atoms with E-state index in [0.29, 0.717) is 19.1 Å². The molecule has 1 aromatic rings. The highest BCUT2D eigenvalue weighted by Gasteiger charge is 2.41. The van der Waals surface area contributed by atoms with Crippen LogP contribution in [0.15, 0.2) is 24.3 Å². The lowest BCUT2D eigenvalue weighted by Crippen LogP contribution is -2.37. The number of carbonyl (C=O) groups is 2. The number of benzene rings is 1. The summed E-state index contributed by atoms with van der Waals surface area (Å²) in [6.45, 7) is 4.92. The molecule has 1 aromatic carbocycles. The van der Waals surface area contributed by atoms with Crippen molar-refractivity contribution in [1.29, 1.82) is 0 Å². The van der Waals surface area contributed by atoms with Gasteiger partial charge in [0.25, 0.3) is 0 Å². The number of likely N-dealkylation sites (tertiary alicyclic amines) is 1. The average Bonchev–Trinajstić information content (AvgIpc) is 3.28. The van der Waals surface area contributed by atoms with Crippen LogP contribution in [-0.2, 0) is 9.59 Å². The zero-order valence-corrected chi connectivity index (χ0v) is 14.6. The normalized spacial score (nSPS) is 23.4. The first-order valence-electron chi connectivity index (χ1n) is 8.72. The molecule has 0 aromatic heterocycles. The molecule has 5 heteroatoms. The second-order valence-electron chi connectivity index (χ2n) is 7.17. The van der Waals surface area contributed by atoms with Crippen molar-refractivity contribution in [3.63, 3.8) is 0 Å². The Labute approximate surface area is 143 Å². The van der Waals surface area contributed by atoms with Gasteiger partial charge in [0.15, 0.2) is 0 Å². The fourth-order valence-corrected chi connectivity index (χ4v) is 3.34. The lowest BCUT2D eigenvalue weighted by Gasteiger charge is -2.18. The molecule has 1 heterocycles. The highest BCUT2D eigenvalue weighted by molar-refractivity contribution is 5.84. The maximum Gasteiger partial charge on any atom is 0.225 e. The standard InChI is InChI=1S/C19H26N2O3/c1-12(2)19(23)21-10-16(13-4-8-15(24-3)9-5-13)17(11-21)18(22)20-14-6-7-14/h4-5,8-9,12,14,16-17H,6-7,10-11H2,1-3H3,(H,20,22)/t16-,17-/m1/s1. The second kappa shape index (κ2) is 6.83. The minimum absolute atomic E-state index is 0.0392. The number of hydrogen-bond acceptors (Lipinski definition) is 3. The predicted molar refractivity (Wildman–Crippen MR) is 91.8 cm³/mol. The number of nitrogens with zero attached hydrogens (tertiary/aromatic N) is 1. The van der Waals surface area contributed by atoms with E-state index in [1.807, 2.05) is 43.0 Å². The molecule has 0 spiro atoms. The Kier molecular flexibility index (Phi) is 4.78. The molecule has 1 saturated carbocycles. The van der Waals surface area contributed by atoms with Crippen molar-refractivity contribution in [3.05, 3.63) is 29.8 Å². The van der Waals surface area contributed by atoms with Crippen LogP contribution in [-0.4, -0.2) is 43.0 Å². The number of nitrogens with one attached hydrogen (secondary N) is 1. The molecule has 1 saturated heterocycles. The monoisotopic (exact) mass is 330 g/mol. The zero-order valence-electron chi connectivity index (χ0n) is 14.6. The van der Waals surface area contributed by atoms with Crippen molar-refractivity contribution in [3.8, 4) is 5.75 Å². The molecular weight excluding hydrogens is 304 g/mol. The first-order valence-corrected chi connectivity index (χ1v) is 8.72. The largest absolute Gasteiger partial charge is 0.497 e. The van der Waals surface area contributed by atoms with E-state index >= 15 is 0 Å². The Bertz CT molecular complexity index is 608. The van der Waals surface area contributed by atoms with E-state index in [9.17, 15) is 9.59 Å². The Morgan fingerprint density at radius 2 is 1.83 bits per heavy atom. The van der Waals surface area contributed by atoms with Gasteiger partial charge in [-0.25, -0.2) is 0 Å². The van der Waals surface area contributed by atoms with Crippen LogP contribution in [0.1, 0.15) is 38.2 Å². The van der Waals surface area contributed by atoms with Crippen LogP contribution in [0.2, 0.25) is 0 Å². The molecular formula is C19H26N2O3. The smallest absolute Gasteiger partial charge is 0.225 e. The number of ether oxygens (including phenoxy) is 1.